The van der Waals surface area contributed by atoms with E-state index in [-0.39, 0.29) is 6.10 Å². The Labute approximate surface area is 102 Å². The van der Waals surface area contributed by atoms with Crippen LogP contribution >= 0.6 is 8.92 Å². The SMILES string of the molecule is CCC[CH2][Sn]([Cl])(/[CH]=C\C(C)O)[CH2]CCC. The average molecular weight is 339 g/mol. The molecule has 1 atom stereocenters. The minimum atomic E-state index is -2.49. The molecule has 1 N–H and O–H groups in total. The summed E-state index contributed by atoms with van der Waals surface area (Å²) in [5.74, 6) is 0. The van der Waals surface area contributed by atoms with E-state index in [0.717, 1.165) is 0 Å². The van der Waals surface area contributed by atoms with Gasteiger partial charge >= 0.3 is 103 Å². The Balaban J connectivity index is 4.25. The van der Waals surface area contributed by atoms with Gasteiger partial charge in [0.15, 0.2) is 0 Å². The standard InChI is InChI=1S/C4H7O.2C4H9.ClH.Sn/c1-3-4(2)5;2*1-3-4-2;;/h1,3-5H,2H3;2*1,3-4H2,2H3;1H;/q;;;;+1/p-1. The molecule has 0 saturated carbocycles. The third-order valence-electron chi connectivity index (χ3n) is 2.57. The van der Waals surface area contributed by atoms with E-state index in [9.17, 15) is 5.11 Å². The van der Waals surface area contributed by atoms with Crippen LogP contribution in [-0.2, 0) is 0 Å². The van der Waals surface area contributed by atoms with E-state index in [0.29, 0.717) is 0 Å². The zero-order valence-corrected chi connectivity index (χ0v) is 13.9. The summed E-state index contributed by atoms with van der Waals surface area (Å²) in [5, 5.41) is 9.25. The van der Waals surface area contributed by atoms with Gasteiger partial charge in [-0.15, -0.1) is 0 Å². The summed E-state index contributed by atoms with van der Waals surface area (Å²) in [6, 6.07) is 0. The molecule has 0 spiro atoms. The summed E-state index contributed by atoms with van der Waals surface area (Å²) in [6.45, 7) is 6.21. The van der Waals surface area contributed by atoms with Crippen LogP contribution < -0.4 is 0 Å². The van der Waals surface area contributed by atoms with Gasteiger partial charge in [0.2, 0.25) is 0 Å². The third kappa shape index (κ3) is 8.58. The van der Waals surface area contributed by atoms with Gasteiger partial charge in [-0.05, 0) is 0 Å². The maximum absolute atomic E-state index is 9.25. The van der Waals surface area contributed by atoms with E-state index in [1.165, 1.54) is 34.6 Å². The monoisotopic (exact) mass is 340 g/mol. The van der Waals surface area contributed by atoms with E-state index in [1.54, 1.807) is 6.92 Å². The van der Waals surface area contributed by atoms with Crippen LogP contribution in [0.15, 0.2) is 10.2 Å². The van der Waals surface area contributed by atoms with Gasteiger partial charge in [0.25, 0.3) is 0 Å². The van der Waals surface area contributed by atoms with Crippen molar-refractivity contribution in [3.63, 3.8) is 0 Å². The van der Waals surface area contributed by atoms with Crippen molar-refractivity contribution in [3.8, 4) is 0 Å². The Morgan fingerprint density at radius 1 is 1.20 bits per heavy atom. The van der Waals surface area contributed by atoms with Gasteiger partial charge in [-0.25, -0.2) is 0 Å². The van der Waals surface area contributed by atoms with Gasteiger partial charge in [0.1, 0.15) is 0 Å². The van der Waals surface area contributed by atoms with Gasteiger partial charge in [-0.3, -0.25) is 0 Å². The van der Waals surface area contributed by atoms with E-state index in [4.69, 9.17) is 8.92 Å². The average Bonchev–Trinajstić information content (AvgIpc) is 2.21. The molecule has 0 aliphatic carbocycles. The molecule has 0 aromatic carbocycles. The van der Waals surface area contributed by atoms with Crippen molar-refractivity contribution in [2.75, 3.05) is 0 Å². The van der Waals surface area contributed by atoms with Gasteiger partial charge in [0, 0.05) is 0 Å². The fourth-order valence-electron chi connectivity index (χ4n) is 1.54. The Morgan fingerprint density at radius 2 is 1.67 bits per heavy atom. The number of hydrogen-bond acceptors (Lipinski definition) is 1. The Hall–Kier alpha value is 0.789. The van der Waals surface area contributed by atoms with Crippen LogP contribution in [0.3, 0.4) is 0 Å². The summed E-state index contributed by atoms with van der Waals surface area (Å²) in [7, 11) is 6.75. The second-order valence-electron chi connectivity index (χ2n) is 4.34. The fourth-order valence-corrected chi connectivity index (χ4v) is 12.6. The van der Waals surface area contributed by atoms with Crippen LogP contribution in [0.25, 0.3) is 0 Å². The molecule has 15 heavy (non-hydrogen) atoms. The van der Waals surface area contributed by atoms with Gasteiger partial charge < -0.3 is 0 Å². The molecule has 0 aromatic rings. The number of unbranched alkanes of at least 4 members (excludes halogenated alkanes) is 2. The van der Waals surface area contributed by atoms with Crippen molar-refractivity contribution in [2.24, 2.45) is 0 Å². The zero-order chi connectivity index (χ0) is 11.7. The summed E-state index contributed by atoms with van der Waals surface area (Å²) in [6.07, 6.45) is 6.48. The Morgan fingerprint density at radius 3 is 2.00 bits per heavy atom. The number of aliphatic hydroxyl groups is 1. The fraction of sp³-hybridized carbons (Fsp3) is 0.833. The van der Waals surface area contributed by atoms with Gasteiger partial charge in [-0.1, -0.05) is 0 Å². The van der Waals surface area contributed by atoms with Crippen molar-refractivity contribution in [2.45, 2.75) is 61.4 Å². The Kier molecular flexibility index (Phi) is 9.35. The summed E-state index contributed by atoms with van der Waals surface area (Å²) < 4.78 is 4.64. The second kappa shape index (κ2) is 8.89. The van der Waals surface area contributed by atoms with E-state index in [2.05, 4.69) is 17.9 Å². The number of rotatable bonds is 8. The summed E-state index contributed by atoms with van der Waals surface area (Å²) in [4.78, 5) is 0. The Bertz CT molecular complexity index is 172. The first-order valence-electron chi connectivity index (χ1n) is 6.10. The first kappa shape index (κ1) is 15.8. The predicted octanol–water partition coefficient (Wildman–Crippen LogP) is 4.25. The quantitative estimate of drug-likeness (QED) is 0.656. The number of halogens is 1. The molecular weight excluding hydrogens is 314 g/mol. The molecule has 0 aliphatic rings. The molecule has 0 bridgehead atoms. The van der Waals surface area contributed by atoms with Crippen molar-refractivity contribution in [1.29, 1.82) is 0 Å². The summed E-state index contributed by atoms with van der Waals surface area (Å²) in [5.41, 5.74) is 0. The molecule has 0 amide bonds. The second-order valence-corrected chi connectivity index (χ2v) is 19.1. The molecule has 90 valence electrons. The first-order chi connectivity index (χ1) is 7.04. The molecule has 0 fully saturated rings. The van der Waals surface area contributed by atoms with Crippen LogP contribution in [0.4, 0.5) is 0 Å². The van der Waals surface area contributed by atoms with Crippen LogP contribution in [0.1, 0.15) is 46.5 Å². The van der Waals surface area contributed by atoms with Crippen LogP contribution in [0.5, 0.6) is 0 Å². The molecule has 0 saturated heterocycles. The van der Waals surface area contributed by atoms with Gasteiger partial charge in [-0.2, -0.15) is 0 Å². The van der Waals surface area contributed by atoms with Gasteiger partial charge in [0.05, 0.1) is 0 Å². The molecule has 3 heteroatoms. The first-order valence-corrected chi connectivity index (χ1v) is 15.4. The number of aliphatic hydroxyl groups excluding tert-OH is 1. The summed E-state index contributed by atoms with van der Waals surface area (Å²) >= 11 is -2.49. The molecule has 0 radical (unpaired) electrons. The zero-order valence-electron chi connectivity index (χ0n) is 10.3. The predicted molar refractivity (Wildman–Crippen MR) is 71.9 cm³/mol. The molecule has 0 aliphatic heterocycles. The van der Waals surface area contributed by atoms with Crippen molar-refractivity contribution >= 4 is 26.2 Å². The molecule has 0 rings (SSSR count). The van der Waals surface area contributed by atoms with Crippen molar-refractivity contribution in [1.82, 2.24) is 0 Å². The van der Waals surface area contributed by atoms with Crippen molar-refractivity contribution in [3.05, 3.63) is 10.2 Å². The topological polar surface area (TPSA) is 20.2 Å². The van der Waals surface area contributed by atoms with E-state index >= 15 is 0 Å². The maximum atomic E-state index is 9.25. The van der Waals surface area contributed by atoms with Crippen molar-refractivity contribution < 1.29 is 5.11 Å². The van der Waals surface area contributed by atoms with E-state index < -0.39 is 17.3 Å². The van der Waals surface area contributed by atoms with E-state index in [1.807, 2.05) is 6.08 Å². The molecular formula is C12H25ClOSn. The normalized spacial score (nSPS) is 14.7. The van der Waals surface area contributed by atoms with Crippen LogP contribution in [0.2, 0.25) is 8.87 Å². The molecule has 0 heterocycles. The minimum absolute atomic E-state index is 0.344. The molecule has 0 aromatic heterocycles. The molecule has 1 nitrogen and oxygen atoms in total. The molecule has 1 unspecified atom stereocenters. The number of hydrogen-bond donors (Lipinski definition) is 1. The third-order valence-corrected chi connectivity index (χ3v) is 15.0. The van der Waals surface area contributed by atoms with Crippen LogP contribution in [0, 0.1) is 0 Å². The van der Waals surface area contributed by atoms with Crippen LogP contribution in [-0.4, -0.2) is 28.5 Å².